The summed E-state index contributed by atoms with van der Waals surface area (Å²) >= 11 is 0. The Morgan fingerprint density at radius 2 is 1.85 bits per heavy atom. The van der Waals surface area contributed by atoms with Gasteiger partial charge in [0.05, 0.1) is 5.56 Å². The summed E-state index contributed by atoms with van der Waals surface area (Å²) < 4.78 is 16.4. The lowest BCUT2D eigenvalue weighted by molar-refractivity contribution is -0.126. The number of esters is 1. The minimum absolute atomic E-state index is 0.0327. The van der Waals surface area contributed by atoms with Gasteiger partial charge in [0, 0.05) is 11.7 Å². The third kappa shape index (κ3) is 3.23. The topological polar surface area (TPSA) is 65.1 Å². The number of para-hydroxylation sites is 1. The van der Waals surface area contributed by atoms with Crippen LogP contribution in [0.2, 0.25) is 0 Å². The number of hydrogen-bond donors (Lipinski definition) is 0. The zero-order chi connectivity index (χ0) is 19.0. The number of rotatable bonds is 3. The number of nitrogens with zero attached hydrogens (tertiary/aromatic N) is 1. The van der Waals surface area contributed by atoms with Gasteiger partial charge in [-0.25, -0.2) is 4.79 Å². The molecule has 2 atom stereocenters. The van der Waals surface area contributed by atoms with Gasteiger partial charge in [0.25, 0.3) is 5.91 Å². The molecule has 2 aliphatic heterocycles. The molecule has 2 aromatic carbocycles. The van der Waals surface area contributed by atoms with Crippen molar-refractivity contribution < 1.29 is 23.8 Å². The van der Waals surface area contributed by atoms with E-state index in [4.69, 9.17) is 14.2 Å². The minimum Gasteiger partial charge on any atom is -0.486 e. The molecule has 6 heteroatoms. The summed E-state index contributed by atoms with van der Waals surface area (Å²) in [4.78, 5) is 27.1. The lowest BCUT2D eigenvalue weighted by Crippen LogP contribution is -2.43. The molecule has 140 valence electrons. The van der Waals surface area contributed by atoms with Crippen LogP contribution in [0.4, 0.5) is 5.69 Å². The van der Waals surface area contributed by atoms with Gasteiger partial charge in [0.1, 0.15) is 13.2 Å². The summed E-state index contributed by atoms with van der Waals surface area (Å²) in [6.07, 6.45) is -0.0932. The zero-order valence-corrected chi connectivity index (χ0v) is 15.3. The zero-order valence-electron chi connectivity index (χ0n) is 15.3. The summed E-state index contributed by atoms with van der Waals surface area (Å²) in [7, 11) is 0. The van der Waals surface area contributed by atoms with Crippen LogP contribution in [-0.4, -0.2) is 37.2 Å². The molecule has 0 aromatic heterocycles. The average molecular weight is 367 g/mol. The van der Waals surface area contributed by atoms with Crippen LogP contribution in [0.3, 0.4) is 0 Å². The van der Waals surface area contributed by atoms with Gasteiger partial charge in [-0.3, -0.25) is 4.79 Å². The first-order chi connectivity index (χ1) is 13.0. The van der Waals surface area contributed by atoms with Crippen molar-refractivity contribution in [1.29, 1.82) is 0 Å². The smallest absolute Gasteiger partial charge is 0.339 e. The third-order valence-electron chi connectivity index (χ3n) is 4.85. The number of carbonyl (C=O) groups is 2. The number of benzene rings is 2. The number of carbonyl (C=O) groups excluding carboxylic acids is 2. The predicted molar refractivity (Wildman–Crippen MR) is 99.4 cm³/mol. The van der Waals surface area contributed by atoms with Crippen molar-refractivity contribution in [2.45, 2.75) is 32.4 Å². The molecule has 4 rings (SSSR count). The van der Waals surface area contributed by atoms with E-state index in [1.807, 2.05) is 31.2 Å². The quantitative estimate of drug-likeness (QED) is 0.781. The Bertz CT molecular complexity index is 894. The molecule has 2 aliphatic rings. The van der Waals surface area contributed by atoms with Crippen molar-refractivity contribution in [3.05, 3.63) is 53.6 Å². The Morgan fingerprint density at radius 3 is 2.67 bits per heavy atom. The molecule has 0 saturated heterocycles. The second kappa shape index (κ2) is 6.95. The highest BCUT2D eigenvalue weighted by Crippen LogP contribution is 2.33. The number of ether oxygens (including phenoxy) is 3. The van der Waals surface area contributed by atoms with E-state index in [2.05, 4.69) is 0 Å². The summed E-state index contributed by atoms with van der Waals surface area (Å²) in [5.74, 6) is 0.326. The van der Waals surface area contributed by atoms with E-state index < -0.39 is 12.1 Å². The first kappa shape index (κ1) is 17.4. The van der Waals surface area contributed by atoms with E-state index in [-0.39, 0.29) is 11.9 Å². The van der Waals surface area contributed by atoms with E-state index in [0.29, 0.717) is 30.3 Å². The van der Waals surface area contributed by atoms with Gasteiger partial charge >= 0.3 is 5.97 Å². The monoisotopic (exact) mass is 367 g/mol. The van der Waals surface area contributed by atoms with Crippen LogP contribution in [-0.2, 0) is 16.0 Å². The van der Waals surface area contributed by atoms with Crippen molar-refractivity contribution in [1.82, 2.24) is 0 Å². The lowest BCUT2D eigenvalue weighted by atomic mass is 10.1. The molecule has 6 nitrogen and oxygen atoms in total. The summed E-state index contributed by atoms with van der Waals surface area (Å²) in [6.45, 7) is 4.52. The van der Waals surface area contributed by atoms with E-state index in [9.17, 15) is 9.59 Å². The van der Waals surface area contributed by atoms with Gasteiger partial charge in [0.2, 0.25) is 0 Å². The molecule has 27 heavy (non-hydrogen) atoms. The molecule has 0 fully saturated rings. The van der Waals surface area contributed by atoms with Gasteiger partial charge in [-0.05, 0) is 50.1 Å². The lowest BCUT2D eigenvalue weighted by Gasteiger charge is -2.26. The van der Waals surface area contributed by atoms with E-state index in [0.717, 1.165) is 17.7 Å². The Kier molecular flexibility index (Phi) is 4.48. The van der Waals surface area contributed by atoms with E-state index >= 15 is 0 Å². The average Bonchev–Trinajstić information content (AvgIpc) is 3.02. The molecule has 0 bridgehead atoms. The molecule has 2 aromatic rings. The molecule has 0 saturated carbocycles. The maximum absolute atomic E-state index is 12.9. The molecular weight excluding hydrogens is 346 g/mol. The molecule has 0 N–H and O–H groups in total. The van der Waals surface area contributed by atoms with E-state index in [1.54, 1.807) is 30.0 Å². The highest BCUT2D eigenvalue weighted by molar-refractivity contribution is 6.01. The summed E-state index contributed by atoms with van der Waals surface area (Å²) in [5, 5.41) is 0. The Balaban J connectivity index is 1.48. The largest absolute Gasteiger partial charge is 0.486 e. The third-order valence-corrected chi connectivity index (χ3v) is 4.85. The Labute approximate surface area is 157 Å². The minimum atomic E-state index is -0.890. The highest BCUT2D eigenvalue weighted by Gasteiger charge is 2.34. The van der Waals surface area contributed by atoms with Crippen LogP contribution in [0.5, 0.6) is 11.5 Å². The van der Waals surface area contributed by atoms with Crippen LogP contribution >= 0.6 is 0 Å². The molecule has 2 heterocycles. The first-order valence-corrected chi connectivity index (χ1v) is 9.06. The van der Waals surface area contributed by atoms with Crippen LogP contribution in [0.25, 0.3) is 0 Å². The van der Waals surface area contributed by atoms with Crippen molar-refractivity contribution >= 4 is 17.6 Å². The normalized spacial score (nSPS) is 18.6. The van der Waals surface area contributed by atoms with Crippen molar-refractivity contribution in [3.8, 4) is 11.5 Å². The van der Waals surface area contributed by atoms with Gasteiger partial charge in [-0.15, -0.1) is 0 Å². The van der Waals surface area contributed by atoms with Gasteiger partial charge in [0.15, 0.2) is 17.6 Å². The van der Waals surface area contributed by atoms with Gasteiger partial charge < -0.3 is 19.1 Å². The molecule has 0 radical (unpaired) electrons. The standard InChI is InChI=1S/C21H21NO5/c1-13-11-15-5-3-4-6-17(15)22(13)20(23)14(2)27-21(24)16-7-8-18-19(12-16)26-10-9-25-18/h3-8,12-14H,9-11H2,1-2H3/t13-,14-/m1/s1. The molecular formula is C21H21NO5. The molecule has 0 aliphatic carbocycles. The van der Waals surface area contributed by atoms with E-state index in [1.165, 1.54) is 0 Å². The molecule has 0 spiro atoms. The summed E-state index contributed by atoms with van der Waals surface area (Å²) in [5.41, 5.74) is 2.34. The van der Waals surface area contributed by atoms with Crippen molar-refractivity contribution in [2.24, 2.45) is 0 Å². The predicted octanol–water partition coefficient (Wildman–Crippen LogP) is 2.98. The van der Waals surface area contributed by atoms with Gasteiger partial charge in [-0.1, -0.05) is 18.2 Å². The van der Waals surface area contributed by atoms with Crippen LogP contribution < -0.4 is 14.4 Å². The van der Waals surface area contributed by atoms with Crippen LogP contribution in [0.15, 0.2) is 42.5 Å². The highest BCUT2D eigenvalue weighted by atomic mass is 16.6. The van der Waals surface area contributed by atoms with Crippen LogP contribution in [0, 0.1) is 0 Å². The Hall–Kier alpha value is -3.02. The fourth-order valence-corrected chi connectivity index (χ4v) is 3.55. The van der Waals surface area contributed by atoms with Gasteiger partial charge in [-0.2, -0.15) is 0 Å². The van der Waals surface area contributed by atoms with Crippen molar-refractivity contribution in [2.75, 3.05) is 18.1 Å². The Morgan fingerprint density at radius 1 is 1.11 bits per heavy atom. The molecule has 1 amide bonds. The number of fused-ring (bicyclic) bond motifs is 2. The van der Waals surface area contributed by atoms with Crippen molar-refractivity contribution in [3.63, 3.8) is 0 Å². The maximum Gasteiger partial charge on any atom is 0.339 e. The number of hydrogen-bond acceptors (Lipinski definition) is 5. The SMILES string of the molecule is C[C@@H]1Cc2ccccc2N1C(=O)[C@@H](C)OC(=O)c1ccc2c(c1)OCCO2. The van der Waals surface area contributed by atoms with Crippen LogP contribution in [0.1, 0.15) is 29.8 Å². The second-order valence-corrected chi connectivity index (χ2v) is 6.80. The number of anilines is 1. The fraction of sp³-hybridized carbons (Fsp3) is 0.333. The first-order valence-electron chi connectivity index (χ1n) is 9.06. The fourth-order valence-electron chi connectivity index (χ4n) is 3.55. The maximum atomic E-state index is 12.9. The second-order valence-electron chi connectivity index (χ2n) is 6.80. The summed E-state index contributed by atoms with van der Waals surface area (Å²) in [6, 6.07) is 12.7. The molecule has 0 unspecified atom stereocenters. The number of amides is 1.